The van der Waals surface area contributed by atoms with Crippen LogP contribution in [0.15, 0.2) is 24.4 Å². The van der Waals surface area contributed by atoms with Crippen LogP contribution >= 0.6 is 11.3 Å². The predicted molar refractivity (Wildman–Crippen MR) is 96.1 cm³/mol. The number of hydrogen-bond acceptors (Lipinski definition) is 5. The molecule has 7 heteroatoms. The van der Waals surface area contributed by atoms with Crippen molar-refractivity contribution in [2.75, 3.05) is 17.7 Å². The molecule has 6 nitrogen and oxygen atoms in total. The molecule has 0 aliphatic heterocycles. The number of rotatable bonds is 4. The van der Waals surface area contributed by atoms with Gasteiger partial charge in [-0.15, -0.1) is 11.3 Å². The third-order valence-corrected chi connectivity index (χ3v) is 4.56. The Hall–Kier alpha value is -2.41. The van der Waals surface area contributed by atoms with Gasteiger partial charge in [-0.2, -0.15) is 0 Å². The van der Waals surface area contributed by atoms with E-state index in [9.17, 15) is 9.59 Å². The Bertz CT molecular complexity index is 763. The number of benzene rings is 1. The van der Waals surface area contributed by atoms with Crippen molar-refractivity contribution >= 4 is 34.5 Å². The maximum absolute atomic E-state index is 12.4. The average Bonchev–Trinajstić information content (AvgIpc) is 2.97. The van der Waals surface area contributed by atoms with Crippen LogP contribution in [0.4, 0.5) is 11.4 Å². The van der Waals surface area contributed by atoms with E-state index < -0.39 is 0 Å². The lowest BCUT2D eigenvalue weighted by Crippen LogP contribution is -2.12. The van der Waals surface area contributed by atoms with Crippen LogP contribution in [-0.2, 0) is 10.2 Å². The molecule has 2 rings (SSSR count). The van der Waals surface area contributed by atoms with Crippen LogP contribution in [0.25, 0.3) is 0 Å². The molecule has 1 aromatic carbocycles. The molecule has 0 atom stereocenters. The van der Waals surface area contributed by atoms with Crippen molar-refractivity contribution in [3.63, 3.8) is 0 Å². The quantitative estimate of drug-likeness (QED) is 0.884. The van der Waals surface area contributed by atoms with Crippen molar-refractivity contribution in [3.8, 4) is 5.75 Å². The highest BCUT2D eigenvalue weighted by atomic mass is 32.1. The van der Waals surface area contributed by atoms with E-state index in [1.165, 1.54) is 25.4 Å². The van der Waals surface area contributed by atoms with E-state index in [0.29, 0.717) is 22.0 Å². The second kappa shape index (κ2) is 7.00. The van der Waals surface area contributed by atoms with Gasteiger partial charge in [0, 0.05) is 18.0 Å². The number of carbonyl (C=O) groups excluding carboxylic acids is 2. The van der Waals surface area contributed by atoms with Gasteiger partial charge in [0.05, 0.1) is 24.0 Å². The summed E-state index contributed by atoms with van der Waals surface area (Å²) in [4.78, 5) is 28.5. The third kappa shape index (κ3) is 4.32. The van der Waals surface area contributed by atoms with Crippen LogP contribution in [0.2, 0.25) is 0 Å². The second-order valence-corrected chi connectivity index (χ2v) is 7.36. The molecule has 0 radical (unpaired) electrons. The van der Waals surface area contributed by atoms with Gasteiger partial charge in [-0.05, 0) is 18.2 Å². The fourth-order valence-electron chi connectivity index (χ4n) is 1.99. The molecule has 0 saturated carbocycles. The topological polar surface area (TPSA) is 80.3 Å². The van der Waals surface area contributed by atoms with Gasteiger partial charge < -0.3 is 15.4 Å². The van der Waals surface area contributed by atoms with E-state index in [2.05, 4.69) is 36.4 Å². The number of carbonyl (C=O) groups is 2. The molecule has 2 N–H and O–H groups in total. The molecule has 128 valence electrons. The van der Waals surface area contributed by atoms with E-state index >= 15 is 0 Å². The summed E-state index contributed by atoms with van der Waals surface area (Å²) in [7, 11) is 1.52. The summed E-state index contributed by atoms with van der Waals surface area (Å²) >= 11 is 1.37. The molecule has 0 aliphatic rings. The lowest BCUT2D eigenvalue weighted by molar-refractivity contribution is -0.114. The molecule has 1 heterocycles. The highest BCUT2D eigenvalue weighted by molar-refractivity contribution is 7.13. The first-order chi connectivity index (χ1) is 11.2. The standard InChI is InChI=1S/C17H21N3O3S/c1-10(21)19-12-8-11(6-7-13(12)23-5)20-15(22)14-9-18-16(24-14)17(2,3)4/h6-9H,1-5H3,(H,19,21)(H,20,22). The number of anilines is 2. The number of amides is 2. The molecule has 0 fully saturated rings. The van der Waals surface area contributed by atoms with Crippen LogP contribution in [-0.4, -0.2) is 23.9 Å². The first kappa shape index (κ1) is 17.9. The average molecular weight is 347 g/mol. The lowest BCUT2D eigenvalue weighted by atomic mass is 9.98. The molecule has 0 bridgehead atoms. The van der Waals surface area contributed by atoms with Gasteiger partial charge in [0.25, 0.3) is 5.91 Å². The molecule has 2 aromatic rings. The van der Waals surface area contributed by atoms with Crippen LogP contribution < -0.4 is 15.4 Å². The number of nitrogens with zero attached hydrogens (tertiary/aromatic N) is 1. The zero-order valence-corrected chi connectivity index (χ0v) is 15.2. The Morgan fingerprint density at radius 2 is 1.92 bits per heavy atom. The number of methoxy groups -OCH3 is 1. The number of ether oxygens (including phenoxy) is 1. The summed E-state index contributed by atoms with van der Waals surface area (Å²) in [6.45, 7) is 7.57. The minimum absolute atomic E-state index is 0.0954. The zero-order chi connectivity index (χ0) is 17.9. The molecule has 1 aromatic heterocycles. The van der Waals surface area contributed by atoms with Crippen molar-refractivity contribution in [1.29, 1.82) is 0 Å². The van der Waals surface area contributed by atoms with Gasteiger partial charge in [0.1, 0.15) is 10.6 Å². The number of nitrogens with one attached hydrogen (secondary N) is 2. The van der Waals surface area contributed by atoms with Crippen LogP contribution in [0.1, 0.15) is 42.4 Å². The summed E-state index contributed by atoms with van der Waals surface area (Å²) in [5.74, 6) is 0.0759. The Labute approximate surface area is 145 Å². The highest BCUT2D eigenvalue weighted by Crippen LogP contribution is 2.30. The Balaban J connectivity index is 2.19. The van der Waals surface area contributed by atoms with E-state index in [-0.39, 0.29) is 17.2 Å². The fraction of sp³-hybridized carbons (Fsp3) is 0.353. The molecular weight excluding hydrogens is 326 g/mol. The maximum Gasteiger partial charge on any atom is 0.267 e. The van der Waals surface area contributed by atoms with Crippen LogP contribution in [0.3, 0.4) is 0 Å². The SMILES string of the molecule is COc1ccc(NC(=O)c2cnc(C(C)(C)C)s2)cc1NC(C)=O. The molecule has 0 saturated heterocycles. The first-order valence-electron chi connectivity index (χ1n) is 7.44. The van der Waals surface area contributed by atoms with Gasteiger partial charge in [-0.1, -0.05) is 20.8 Å². The normalized spacial score (nSPS) is 11.0. The van der Waals surface area contributed by atoms with E-state index in [1.807, 2.05) is 0 Å². The van der Waals surface area contributed by atoms with Gasteiger partial charge >= 0.3 is 0 Å². The van der Waals surface area contributed by atoms with Crippen molar-refractivity contribution in [2.45, 2.75) is 33.1 Å². The minimum Gasteiger partial charge on any atom is -0.495 e. The van der Waals surface area contributed by atoms with Gasteiger partial charge in [-0.3, -0.25) is 9.59 Å². The van der Waals surface area contributed by atoms with E-state index in [0.717, 1.165) is 5.01 Å². The third-order valence-electron chi connectivity index (χ3n) is 3.14. The van der Waals surface area contributed by atoms with E-state index in [4.69, 9.17) is 4.74 Å². The zero-order valence-electron chi connectivity index (χ0n) is 14.4. The summed E-state index contributed by atoms with van der Waals surface area (Å²) in [6, 6.07) is 5.06. The first-order valence-corrected chi connectivity index (χ1v) is 8.25. The predicted octanol–water partition coefficient (Wildman–Crippen LogP) is 3.66. The van der Waals surface area contributed by atoms with Crippen molar-refractivity contribution in [1.82, 2.24) is 4.98 Å². The Morgan fingerprint density at radius 3 is 2.46 bits per heavy atom. The van der Waals surface area contributed by atoms with Crippen LogP contribution in [0.5, 0.6) is 5.75 Å². The minimum atomic E-state index is -0.234. The maximum atomic E-state index is 12.4. The van der Waals surface area contributed by atoms with Crippen molar-refractivity contribution in [3.05, 3.63) is 34.3 Å². The number of thiazole rings is 1. The summed E-state index contributed by atoms with van der Waals surface area (Å²) in [5, 5.41) is 6.39. The Kier molecular flexibility index (Phi) is 5.23. The molecule has 0 aliphatic carbocycles. The monoisotopic (exact) mass is 347 g/mol. The lowest BCUT2D eigenvalue weighted by Gasteiger charge is -2.13. The Morgan fingerprint density at radius 1 is 1.21 bits per heavy atom. The fourth-order valence-corrected chi connectivity index (χ4v) is 2.86. The van der Waals surface area contributed by atoms with Crippen molar-refractivity contribution in [2.24, 2.45) is 0 Å². The number of hydrogen-bond donors (Lipinski definition) is 2. The van der Waals surface area contributed by atoms with Gasteiger partial charge in [-0.25, -0.2) is 4.98 Å². The van der Waals surface area contributed by atoms with Gasteiger partial charge in [0.15, 0.2) is 0 Å². The molecule has 0 unspecified atom stereocenters. The largest absolute Gasteiger partial charge is 0.495 e. The summed E-state index contributed by atoms with van der Waals surface area (Å²) < 4.78 is 5.20. The molecule has 2 amide bonds. The summed E-state index contributed by atoms with van der Waals surface area (Å²) in [6.07, 6.45) is 1.58. The van der Waals surface area contributed by atoms with Crippen molar-refractivity contribution < 1.29 is 14.3 Å². The van der Waals surface area contributed by atoms with E-state index in [1.54, 1.807) is 24.4 Å². The summed E-state index contributed by atoms with van der Waals surface area (Å²) in [5.41, 5.74) is 0.972. The number of aromatic nitrogens is 1. The molecule has 0 spiro atoms. The second-order valence-electron chi connectivity index (χ2n) is 6.33. The smallest absolute Gasteiger partial charge is 0.267 e. The highest BCUT2D eigenvalue weighted by Gasteiger charge is 2.20. The molecule has 24 heavy (non-hydrogen) atoms. The molecular formula is C17H21N3O3S. The van der Waals surface area contributed by atoms with Gasteiger partial charge in [0.2, 0.25) is 5.91 Å². The van der Waals surface area contributed by atoms with Crippen LogP contribution in [0, 0.1) is 0 Å².